The number of nitrogens with zero attached hydrogens (tertiary/aromatic N) is 1. The van der Waals surface area contributed by atoms with Crippen LogP contribution in [0.3, 0.4) is 0 Å². The molecule has 1 aromatic carbocycles. The van der Waals surface area contributed by atoms with Crippen LogP contribution >= 0.6 is 0 Å². The maximum atomic E-state index is 12.4. The Morgan fingerprint density at radius 2 is 2.00 bits per heavy atom. The van der Waals surface area contributed by atoms with E-state index in [1.807, 2.05) is 6.07 Å². The Kier molecular flexibility index (Phi) is 4.68. The van der Waals surface area contributed by atoms with Gasteiger partial charge in [0.2, 0.25) is 5.78 Å². The predicted octanol–water partition coefficient (Wildman–Crippen LogP) is 1.92. The largest absolute Gasteiger partial charge is 0.490 e. The Labute approximate surface area is 117 Å². The molecule has 1 aromatic heterocycles. The van der Waals surface area contributed by atoms with Crippen LogP contribution in [0.15, 0.2) is 42.6 Å². The molecule has 0 amide bonds. The Balaban J connectivity index is 2.23. The summed E-state index contributed by atoms with van der Waals surface area (Å²) < 4.78 is 10.5. The molecule has 0 unspecified atom stereocenters. The van der Waals surface area contributed by atoms with Crippen LogP contribution in [0.25, 0.3) is 0 Å². The summed E-state index contributed by atoms with van der Waals surface area (Å²) in [6, 6.07) is 10.3. The van der Waals surface area contributed by atoms with E-state index in [-0.39, 0.29) is 5.78 Å². The molecule has 0 saturated heterocycles. The number of ether oxygens (including phenoxy) is 2. The van der Waals surface area contributed by atoms with E-state index < -0.39 is 0 Å². The van der Waals surface area contributed by atoms with E-state index in [0.29, 0.717) is 35.9 Å². The summed E-state index contributed by atoms with van der Waals surface area (Å²) in [4.78, 5) is 16.4. The number of para-hydroxylation sites is 1. The molecule has 0 bridgehead atoms. The Morgan fingerprint density at radius 3 is 2.70 bits per heavy atom. The van der Waals surface area contributed by atoms with Crippen molar-refractivity contribution in [3.63, 3.8) is 0 Å². The standard InChI is InChI=1S/C15H16N2O3/c1-19-8-9-20-14-5-3-2-4-12(14)15(18)13-7-6-11(16)10-17-13/h2-7,10H,8-9,16H2,1H3. The first-order valence-electron chi connectivity index (χ1n) is 6.19. The van der Waals surface area contributed by atoms with Crippen molar-refractivity contribution in [1.82, 2.24) is 4.98 Å². The predicted molar refractivity (Wildman–Crippen MR) is 75.9 cm³/mol. The molecule has 2 aromatic rings. The van der Waals surface area contributed by atoms with Crippen LogP contribution in [-0.2, 0) is 4.74 Å². The lowest BCUT2D eigenvalue weighted by atomic mass is 10.1. The lowest BCUT2D eigenvalue weighted by molar-refractivity contribution is 0.102. The summed E-state index contributed by atoms with van der Waals surface area (Å²) >= 11 is 0. The number of hydrogen-bond acceptors (Lipinski definition) is 5. The number of carbonyl (C=O) groups excluding carboxylic acids is 1. The van der Waals surface area contributed by atoms with Gasteiger partial charge in [-0.05, 0) is 24.3 Å². The summed E-state index contributed by atoms with van der Waals surface area (Å²) in [6.07, 6.45) is 1.46. The first-order chi connectivity index (χ1) is 9.72. The van der Waals surface area contributed by atoms with Crippen molar-refractivity contribution in [1.29, 1.82) is 0 Å². The number of pyridine rings is 1. The molecule has 0 radical (unpaired) electrons. The van der Waals surface area contributed by atoms with Gasteiger partial charge in [0, 0.05) is 7.11 Å². The molecule has 0 spiro atoms. The summed E-state index contributed by atoms with van der Waals surface area (Å²) in [6.45, 7) is 0.846. The van der Waals surface area contributed by atoms with Crippen LogP contribution in [0.4, 0.5) is 5.69 Å². The number of hydrogen-bond donors (Lipinski definition) is 1. The monoisotopic (exact) mass is 272 g/mol. The number of ketones is 1. The van der Waals surface area contributed by atoms with E-state index in [0.717, 1.165) is 0 Å². The number of anilines is 1. The third-order valence-corrected chi connectivity index (χ3v) is 2.70. The summed E-state index contributed by atoms with van der Waals surface area (Å²) in [7, 11) is 1.60. The van der Waals surface area contributed by atoms with Gasteiger partial charge in [-0.15, -0.1) is 0 Å². The van der Waals surface area contributed by atoms with Crippen LogP contribution < -0.4 is 10.5 Å². The van der Waals surface area contributed by atoms with Crippen molar-refractivity contribution in [2.45, 2.75) is 0 Å². The fraction of sp³-hybridized carbons (Fsp3) is 0.200. The molecular weight excluding hydrogens is 256 g/mol. The quantitative estimate of drug-likeness (QED) is 0.642. The zero-order chi connectivity index (χ0) is 14.4. The highest BCUT2D eigenvalue weighted by Crippen LogP contribution is 2.21. The van der Waals surface area contributed by atoms with Crippen molar-refractivity contribution in [2.75, 3.05) is 26.1 Å². The van der Waals surface area contributed by atoms with E-state index in [2.05, 4.69) is 4.98 Å². The minimum absolute atomic E-state index is 0.196. The van der Waals surface area contributed by atoms with Gasteiger partial charge >= 0.3 is 0 Å². The first kappa shape index (κ1) is 14.0. The molecule has 0 fully saturated rings. The average Bonchev–Trinajstić information content (AvgIpc) is 2.48. The Bertz CT molecular complexity index is 582. The maximum absolute atomic E-state index is 12.4. The van der Waals surface area contributed by atoms with Gasteiger partial charge in [0.1, 0.15) is 18.1 Å². The lowest BCUT2D eigenvalue weighted by Crippen LogP contribution is -2.10. The number of rotatable bonds is 6. The number of carbonyl (C=O) groups is 1. The normalized spacial score (nSPS) is 10.2. The number of nitrogen functional groups attached to an aromatic ring is 1. The smallest absolute Gasteiger partial charge is 0.215 e. The van der Waals surface area contributed by atoms with Crippen LogP contribution in [0.2, 0.25) is 0 Å². The zero-order valence-corrected chi connectivity index (χ0v) is 11.2. The highest BCUT2D eigenvalue weighted by Gasteiger charge is 2.15. The van der Waals surface area contributed by atoms with E-state index in [4.69, 9.17) is 15.2 Å². The fourth-order valence-corrected chi connectivity index (χ4v) is 1.69. The van der Waals surface area contributed by atoms with Gasteiger partial charge < -0.3 is 15.2 Å². The second-order valence-electron chi connectivity index (χ2n) is 4.14. The molecule has 0 aliphatic carbocycles. The van der Waals surface area contributed by atoms with Crippen LogP contribution in [0.1, 0.15) is 16.1 Å². The number of nitrogens with two attached hydrogens (primary N) is 1. The molecule has 2 rings (SSSR count). The van der Waals surface area contributed by atoms with E-state index in [1.54, 1.807) is 37.4 Å². The SMILES string of the molecule is COCCOc1ccccc1C(=O)c1ccc(N)cn1. The van der Waals surface area contributed by atoms with E-state index >= 15 is 0 Å². The molecule has 104 valence electrons. The maximum Gasteiger partial charge on any atom is 0.215 e. The molecule has 5 heteroatoms. The van der Waals surface area contributed by atoms with E-state index in [9.17, 15) is 4.79 Å². The fourth-order valence-electron chi connectivity index (χ4n) is 1.69. The highest BCUT2D eigenvalue weighted by molar-refractivity contribution is 6.09. The molecular formula is C15H16N2O3. The van der Waals surface area contributed by atoms with Crippen LogP contribution in [0, 0.1) is 0 Å². The topological polar surface area (TPSA) is 74.4 Å². The third kappa shape index (κ3) is 3.33. The summed E-state index contributed by atoms with van der Waals surface area (Å²) in [5.41, 5.74) is 6.89. The second-order valence-corrected chi connectivity index (χ2v) is 4.14. The minimum atomic E-state index is -0.196. The Morgan fingerprint density at radius 1 is 1.20 bits per heavy atom. The molecule has 5 nitrogen and oxygen atoms in total. The summed E-state index contributed by atoms with van der Waals surface area (Å²) in [5.74, 6) is 0.325. The van der Waals surface area contributed by atoms with Crippen molar-refractivity contribution in [2.24, 2.45) is 0 Å². The van der Waals surface area contributed by atoms with Gasteiger partial charge in [-0.25, -0.2) is 0 Å². The molecule has 0 aliphatic rings. The summed E-state index contributed by atoms with van der Waals surface area (Å²) in [5, 5.41) is 0. The van der Waals surface area contributed by atoms with Crippen molar-refractivity contribution < 1.29 is 14.3 Å². The van der Waals surface area contributed by atoms with E-state index in [1.165, 1.54) is 6.20 Å². The second kappa shape index (κ2) is 6.68. The van der Waals surface area contributed by atoms with Crippen molar-refractivity contribution in [3.05, 3.63) is 53.9 Å². The van der Waals surface area contributed by atoms with Crippen LogP contribution in [0.5, 0.6) is 5.75 Å². The van der Waals surface area contributed by atoms with Crippen molar-refractivity contribution in [3.8, 4) is 5.75 Å². The van der Waals surface area contributed by atoms with Gasteiger partial charge in [0.05, 0.1) is 24.1 Å². The average molecular weight is 272 g/mol. The molecule has 2 N–H and O–H groups in total. The number of methoxy groups -OCH3 is 1. The lowest BCUT2D eigenvalue weighted by Gasteiger charge is -2.10. The first-order valence-corrected chi connectivity index (χ1v) is 6.19. The van der Waals surface area contributed by atoms with Gasteiger partial charge in [0.25, 0.3) is 0 Å². The van der Waals surface area contributed by atoms with Gasteiger partial charge in [-0.3, -0.25) is 9.78 Å². The van der Waals surface area contributed by atoms with Gasteiger partial charge in [0.15, 0.2) is 0 Å². The van der Waals surface area contributed by atoms with Gasteiger partial charge in [-0.2, -0.15) is 0 Å². The third-order valence-electron chi connectivity index (χ3n) is 2.70. The minimum Gasteiger partial charge on any atom is -0.490 e. The molecule has 20 heavy (non-hydrogen) atoms. The molecule has 0 saturated carbocycles. The molecule has 1 heterocycles. The number of aromatic nitrogens is 1. The molecule has 0 atom stereocenters. The molecule has 0 aliphatic heterocycles. The van der Waals surface area contributed by atoms with Crippen molar-refractivity contribution >= 4 is 11.5 Å². The zero-order valence-electron chi connectivity index (χ0n) is 11.2. The van der Waals surface area contributed by atoms with Gasteiger partial charge in [-0.1, -0.05) is 12.1 Å². The highest BCUT2D eigenvalue weighted by atomic mass is 16.5. The van der Waals surface area contributed by atoms with Crippen LogP contribution in [-0.4, -0.2) is 31.1 Å². The number of benzene rings is 1. The Hall–Kier alpha value is -2.40.